The molecule has 2 rings (SSSR count). The van der Waals surface area contributed by atoms with Crippen LogP contribution in [-0.4, -0.2) is 16.8 Å². The summed E-state index contributed by atoms with van der Waals surface area (Å²) in [7, 11) is 3.80. The molecular weight excluding hydrogens is 226 g/mol. The van der Waals surface area contributed by atoms with E-state index < -0.39 is 5.72 Å². The number of nitrogens with zero attached hydrogens (tertiary/aromatic N) is 2. The highest BCUT2D eigenvalue weighted by Crippen LogP contribution is 2.22. The van der Waals surface area contributed by atoms with E-state index in [-0.39, 0.29) is 0 Å². The van der Waals surface area contributed by atoms with Gasteiger partial charge >= 0.3 is 0 Å². The Kier molecular flexibility index (Phi) is 3.79. The maximum Gasteiger partial charge on any atom is 0.159 e. The lowest BCUT2D eigenvalue weighted by molar-refractivity contribution is -0.0740. The van der Waals surface area contributed by atoms with Gasteiger partial charge in [-0.2, -0.15) is 5.10 Å². The third-order valence-electron chi connectivity index (χ3n) is 3.16. The monoisotopic (exact) mass is 245 g/mol. The van der Waals surface area contributed by atoms with Crippen LogP contribution in [0.4, 0.5) is 0 Å². The van der Waals surface area contributed by atoms with Crippen molar-refractivity contribution in [2.24, 2.45) is 7.05 Å². The van der Waals surface area contributed by atoms with Crippen LogP contribution in [0.15, 0.2) is 42.6 Å². The quantitative estimate of drug-likeness (QED) is 0.819. The van der Waals surface area contributed by atoms with Gasteiger partial charge in [-0.1, -0.05) is 30.3 Å². The van der Waals surface area contributed by atoms with Gasteiger partial charge in [0.15, 0.2) is 5.72 Å². The first-order valence-electron chi connectivity index (χ1n) is 6.01. The smallest absolute Gasteiger partial charge is 0.159 e. The van der Waals surface area contributed by atoms with Gasteiger partial charge in [0, 0.05) is 13.2 Å². The SMILES string of the molecule is CNC(C)(OCc1ccccc1)c1ccnn1C. The molecule has 1 aromatic heterocycles. The van der Waals surface area contributed by atoms with Crippen molar-refractivity contribution >= 4 is 0 Å². The minimum Gasteiger partial charge on any atom is -0.350 e. The summed E-state index contributed by atoms with van der Waals surface area (Å²) >= 11 is 0. The van der Waals surface area contributed by atoms with Crippen LogP contribution in [0.5, 0.6) is 0 Å². The van der Waals surface area contributed by atoms with Crippen molar-refractivity contribution < 1.29 is 4.74 Å². The molecule has 1 atom stereocenters. The number of nitrogens with one attached hydrogen (secondary N) is 1. The van der Waals surface area contributed by atoms with Gasteiger partial charge in [-0.05, 0) is 25.6 Å². The maximum absolute atomic E-state index is 6.02. The van der Waals surface area contributed by atoms with E-state index in [0.717, 1.165) is 11.3 Å². The van der Waals surface area contributed by atoms with E-state index >= 15 is 0 Å². The molecule has 0 amide bonds. The molecule has 0 aliphatic rings. The number of aryl methyl sites for hydroxylation is 1. The second kappa shape index (κ2) is 5.33. The van der Waals surface area contributed by atoms with Crippen LogP contribution in [0.2, 0.25) is 0 Å². The van der Waals surface area contributed by atoms with Gasteiger partial charge in [-0.15, -0.1) is 0 Å². The van der Waals surface area contributed by atoms with Gasteiger partial charge in [0.1, 0.15) is 0 Å². The molecule has 1 unspecified atom stereocenters. The van der Waals surface area contributed by atoms with Crippen LogP contribution >= 0.6 is 0 Å². The van der Waals surface area contributed by atoms with Crippen LogP contribution in [0, 0.1) is 0 Å². The standard InChI is InChI=1S/C14H19N3O/c1-14(15-2,13-9-10-16-17(13)3)18-11-12-7-5-4-6-8-12/h4-10,15H,11H2,1-3H3. The summed E-state index contributed by atoms with van der Waals surface area (Å²) in [5.74, 6) is 0. The third kappa shape index (κ3) is 2.60. The largest absolute Gasteiger partial charge is 0.350 e. The Morgan fingerprint density at radius 1 is 1.28 bits per heavy atom. The van der Waals surface area contributed by atoms with Crippen LogP contribution < -0.4 is 5.32 Å². The number of hydrogen-bond acceptors (Lipinski definition) is 3. The van der Waals surface area contributed by atoms with Gasteiger partial charge in [0.05, 0.1) is 12.3 Å². The highest BCUT2D eigenvalue weighted by atomic mass is 16.5. The Bertz CT molecular complexity index is 495. The van der Waals surface area contributed by atoms with Gasteiger partial charge < -0.3 is 4.74 Å². The first kappa shape index (κ1) is 12.8. The molecule has 0 bridgehead atoms. The fourth-order valence-electron chi connectivity index (χ4n) is 1.92. The lowest BCUT2D eigenvalue weighted by Gasteiger charge is -2.29. The molecule has 2 aromatic rings. The zero-order chi connectivity index (χ0) is 13.0. The van der Waals surface area contributed by atoms with E-state index in [9.17, 15) is 0 Å². The molecule has 0 aliphatic heterocycles. The molecule has 0 saturated heterocycles. The number of ether oxygens (including phenoxy) is 1. The topological polar surface area (TPSA) is 39.1 Å². The third-order valence-corrected chi connectivity index (χ3v) is 3.16. The second-order valence-electron chi connectivity index (χ2n) is 4.40. The molecule has 0 radical (unpaired) electrons. The van der Waals surface area contributed by atoms with E-state index in [1.54, 1.807) is 6.20 Å². The molecule has 4 heteroatoms. The molecule has 1 N–H and O–H groups in total. The number of rotatable bonds is 5. The van der Waals surface area contributed by atoms with Crippen molar-refractivity contribution in [1.29, 1.82) is 0 Å². The van der Waals surface area contributed by atoms with E-state index in [1.807, 2.05) is 50.0 Å². The van der Waals surface area contributed by atoms with Crippen molar-refractivity contribution in [3.05, 3.63) is 53.9 Å². The van der Waals surface area contributed by atoms with Crippen LogP contribution in [-0.2, 0) is 24.1 Å². The zero-order valence-corrected chi connectivity index (χ0v) is 11.1. The molecule has 1 aromatic carbocycles. The van der Waals surface area contributed by atoms with Crippen molar-refractivity contribution in [2.75, 3.05) is 7.05 Å². The van der Waals surface area contributed by atoms with Crippen molar-refractivity contribution in [2.45, 2.75) is 19.3 Å². The number of aromatic nitrogens is 2. The van der Waals surface area contributed by atoms with Crippen LogP contribution in [0.3, 0.4) is 0 Å². The lowest BCUT2D eigenvalue weighted by atomic mass is 10.1. The Morgan fingerprint density at radius 3 is 2.56 bits per heavy atom. The zero-order valence-electron chi connectivity index (χ0n) is 11.1. The Labute approximate surface area is 108 Å². The molecule has 1 heterocycles. The fraction of sp³-hybridized carbons (Fsp3) is 0.357. The molecule has 0 saturated carbocycles. The highest BCUT2D eigenvalue weighted by Gasteiger charge is 2.28. The average molecular weight is 245 g/mol. The summed E-state index contributed by atoms with van der Waals surface area (Å²) < 4.78 is 7.84. The van der Waals surface area contributed by atoms with Crippen LogP contribution in [0.25, 0.3) is 0 Å². The van der Waals surface area contributed by atoms with E-state index in [1.165, 1.54) is 0 Å². The number of benzene rings is 1. The molecule has 0 aliphatic carbocycles. The summed E-state index contributed by atoms with van der Waals surface area (Å²) in [6, 6.07) is 12.1. The van der Waals surface area contributed by atoms with E-state index in [2.05, 4.69) is 22.5 Å². The first-order chi connectivity index (χ1) is 8.65. The van der Waals surface area contributed by atoms with E-state index in [4.69, 9.17) is 4.74 Å². The van der Waals surface area contributed by atoms with Gasteiger partial charge in [0.2, 0.25) is 0 Å². The minimum atomic E-state index is -0.541. The summed E-state index contributed by atoms with van der Waals surface area (Å²) in [6.45, 7) is 2.57. The fourth-order valence-corrected chi connectivity index (χ4v) is 1.92. The summed E-state index contributed by atoms with van der Waals surface area (Å²) in [4.78, 5) is 0. The summed E-state index contributed by atoms with van der Waals surface area (Å²) in [5, 5.41) is 7.39. The molecule has 4 nitrogen and oxygen atoms in total. The van der Waals surface area contributed by atoms with Crippen LogP contribution in [0.1, 0.15) is 18.2 Å². The van der Waals surface area contributed by atoms with Gasteiger partial charge in [-0.3, -0.25) is 10.00 Å². The van der Waals surface area contributed by atoms with Gasteiger partial charge in [0.25, 0.3) is 0 Å². The van der Waals surface area contributed by atoms with Crippen molar-refractivity contribution in [3.63, 3.8) is 0 Å². The molecular formula is C14H19N3O. The predicted octanol–water partition coefficient (Wildman–Crippen LogP) is 2.03. The Hall–Kier alpha value is -1.65. The normalized spacial score (nSPS) is 14.4. The highest BCUT2D eigenvalue weighted by molar-refractivity contribution is 5.14. The second-order valence-corrected chi connectivity index (χ2v) is 4.40. The number of hydrogen-bond donors (Lipinski definition) is 1. The summed E-state index contributed by atoms with van der Waals surface area (Å²) in [6.07, 6.45) is 1.77. The Morgan fingerprint density at radius 2 is 2.00 bits per heavy atom. The molecule has 96 valence electrons. The lowest BCUT2D eigenvalue weighted by Crippen LogP contribution is -2.41. The predicted molar refractivity (Wildman–Crippen MR) is 70.9 cm³/mol. The van der Waals surface area contributed by atoms with E-state index in [0.29, 0.717) is 6.61 Å². The Balaban J connectivity index is 2.12. The van der Waals surface area contributed by atoms with Crippen molar-refractivity contribution in [3.8, 4) is 0 Å². The minimum absolute atomic E-state index is 0.541. The summed E-state index contributed by atoms with van der Waals surface area (Å²) in [5.41, 5.74) is 1.61. The molecule has 0 spiro atoms. The molecule has 0 fully saturated rings. The first-order valence-corrected chi connectivity index (χ1v) is 6.01. The average Bonchev–Trinajstić information content (AvgIpc) is 2.84. The van der Waals surface area contributed by atoms with Crippen molar-refractivity contribution in [1.82, 2.24) is 15.1 Å². The molecule has 18 heavy (non-hydrogen) atoms. The van der Waals surface area contributed by atoms with Gasteiger partial charge in [-0.25, -0.2) is 0 Å². The maximum atomic E-state index is 6.02.